The van der Waals surface area contributed by atoms with E-state index in [1.165, 1.54) is 0 Å². The first-order chi connectivity index (χ1) is 16.3. The van der Waals surface area contributed by atoms with E-state index in [2.05, 4.69) is 26.1 Å². The smallest absolute Gasteiger partial charge is 0.277 e. The Kier molecular flexibility index (Phi) is 8.52. The normalized spacial score (nSPS) is 17.6. The van der Waals surface area contributed by atoms with Crippen LogP contribution < -0.4 is 10.1 Å². The van der Waals surface area contributed by atoms with E-state index in [-0.39, 0.29) is 17.4 Å². The van der Waals surface area contributed by atoms with E-state index in [1.807, 2.05) is 74.0 Å². The molecule has 0 aromatic heterocycles. The number of methoxy groups -OCH3 is 1. The molecule has 1 atom stereocenters. The first-order valence-electron chi connectivity index (χ1n) is 12.4. The van der Waals surface area contributed by atoms with Crippen molar-refractivity contribution in [1.29, 1.82) is 0 Å². The molecule has 7 heteroatoms. The van der Waals surface area contributed by atoms with E-state index >= 15 is 0 Å². The quantitative estimate of drug-likeness (QED) is 0.433. The molecular formula is C28H41N2O4P. The minimum Gasteiger partial charge on any atom is -0.497 e. The lowest BCUT2D eigenvalue weighted by Crippen LogP contribution is -2.45. The standard InChI is InChI=1S/C28H41N2O4P/c1-27(2,3)20-34-35(32,28(4,5)6)30-17-15-24(16-18-30)29-26(31)23-10-8-9-22(19-23)21-11-13-25(33-7)14-12-21/h8-14,19,24H,15-18,20H2,1-7H3,(H,29,31). The zero-order valence-corrected chi connectivity index (χ0v) is 23.2. The van der Waals surface area contributed by atoms with Crippen molar-refractivity contribution in [3.05, 3.63) is 54.1 Å². The Morgan fingerprint density at radius 2 is 1.63 bits per heavy atom. The van der Waals surface area contributed by atoms with Gasteiger partial charge in [0.25, 0.3) is 13.4 Å². The van der Waals surface area contributed by atoms with Gasteiger partial charge in [0, 0.05) is 24.7 Å². The van der Waals surface area contributed by atoms with Gasteiger partial charge in [-0.15, -0.1) is 0 Å². The number of amides is 1. The average Bonchev–Trinajstić information content (AvgIpc) is 2.82. The molecule has 0 bridgehead atoms. The molecule has 35 heavy (non-hydrogen) atoms. The zero-order chi connectivity index (χ0) is 25.9. The molecule has 1 heterocycles. The molecule has 1 aliphatic rings. The number of nitrogens with zero attached hydrogens (tertiary/aromatic N) is 1. The molecule has 2 aromatic carbocycles. The Morgan fingerprint density at radius 1 is 1.00 bits per heavy atom. The lowest BCUT2D eigenvalue weighted by Gasteiger charge is -2.43. The lowest BCUT2D eigenvalue weighted by atomic mass is 9.99. The highest BCUT2D eigenvalue weighted by atomic mass is 31.2. The topological polar surface area (TPSA) is 67.9 Å². The number of carbonyl (C=O) groups is 1. The number of nitrogens with one attached hydrogen (secondary N) is 1. The largest absolute Gasteiger partial charge is 0.497 e. The van der Waals surface area contributed by atoms with Crippen LogP contribution >= 0.6 is 7.52 Å². The molecule has 1 aliphatic heterocycles. The fourth-order valence-corrected chi connectivity index (χ4v) is 6.87. The maximum Gasteiger partial charge on any atom is 0.277 e. The Bertz CT molecular complexity index is 1050. The highest BCUT2D eigenvalue weighted by Gasteiger charge is 2.45. The Labute approximate surface area is 210 Å². The number of hydrogen-bond donors (Lipinski definition) is 1. The van der Waals surface area contributed by atoms with Crippen LogP contribution in [-0.2, 0) is 9.09 Å². The minimum atomic E-state index is -3.03. The number of benzene rings is 2. The summed E-state index contributed by atoms with van der Waals surface area (Å²) >= 11 is 0. The van der Waals surface area contributed by atoms with Crippen LogP contribution in [0, 0.1) is 5.41 Å². The summed E-state index contributed by atoms with van der Waals surface area (Å²) in [5.74, 6) is 0.718. The van der Waals surface area contributed by atoms with Gasteiger partial charge in [-0.2, -0.15) is 0 Å². The van der Waals surface area contributed by atoms with Gasteiger partial charge in [-0.25, -0.2) is 4.67 Å². The van der Waals surface area contributed by atoms with E-state index in [4.69, 9.17) is 9.26 Å². The zero-order valence-electron chi connectivity index (χ0n) is 22.3. The third-order valence-electron chi connectivity index (χ3n) is 6.25. The molecule has 1 amide bonds. The molecule has 0 radical (unpaired) electrons. The molecule has 2 aromatic rings. The molecular weight excluding hydrogens is 459 g/mol. The van der Waals surface area contributed by atoms with Crippen molar-refractivity contribution in [2.24, 2.45) is 5.41 Å². The van der Waals surface area contributed by atoms with Crippen LogP contribution in [0.25, 0.3) is 11.1 Å². The van der Waals surface area contributed by atoms with E-state index in [0.717, 1.165) is 29.7 Å². The first kappa shape index (κ1) is 27.4. The molecule has 0 saturated carbocycles. The predicted octanol–water partition coefficient (Wildman–Crippen LogP) is 6.61. The molecule has 1 N–H and O–H groups in total. The summed E-state index contributed by atoms with van der Waals surface area (Å²) in [6.45, 7) is 13.9. The minimum absolute atomic E-state index is 0.0411. The molecule has 0 spiro atoms. The summed E-state index contributed by atoms with van der Waals surface area (Å²) < 4.78 is 27.4. The van der Waals surface area contributed by atoms with Crippen LogP contribution in [0.4, 0.5) is 0 Å². The van der Waals surface area contributed by atoms with Gasteiger partial charge in [0.1, 0.15) is 5.75 Å². The summed E-state index contributed by atoms with van der Waals surface area (Å²) in [4.78, 5) is 13.0. The van der Waals surface area contributed by atoms with Crippen LogP contribution in [0.3, 0.4) is 0 Å². The van der Waals surface area contributed by atoms with Crippen molar-refractivity contribution >= 4 is 13.4 Å². The summed E-state index contributed by atoms with van der Waals surface area (Å²) in [6, 6.07) is 15.5. The Morgan fingerprint density at radius 3 is 2.17 bits per heavy atom. The van der Waals surface area contributed by atoms with Crippen LogP contribution in [0.2, 0.25) is 0 Å². The maximum absolute atomic E-state index is 14.0. The van der Waals surface area contributed by atoms with Crippen molar-refractivity contribution in [3.63, 3.8) is 0 Å². The van der Waals surface area contributed by atoms with Gasteiger partial charge in [0.2, 0.25) is 0 Å². The van der Waals surface area contributed by atoms with Crippen LogP contribution in [0.15, 0.2) is 48.5 Å². The summed E-state index contributed by atoms with van der Waals surface area (Å²) in [7, 11) is -1.38. The van der Waals surface area contributed by atoms with E-state index < -0.39 is 12.7 Å². The molecule has 6 nitrogen and oxygen atoms in total. The van der Waals surface area contributed by atoms with Gasteiger partial charge in [-0.05, 0) is 74.4 Å². The monoisotopic (exact) mass is 500 g/mol. The Hall–Kier alpha value is -2.14. The van der Waals surface area contributed by atoms with Crippen molar-refractivity contribution in [1.82, 2.24) is 9.99 Å². The number of carbonyl (C=O) groups excluding carboxylic acids is 1. The summed E-state index contributed by atoms with van der Waals surface area (Å²) in [5.41, 5.74) is 2.59. The Balaban J connectivity index is 1.63. The second-order valence-electron chi connectivity index (χ2n) is 11.5. The maximum atomic E-state index is 14.0. The third kappa shape index (κ3) is 6.97. The fraction of sp³-hybridized carbons (Fsp3) is 0.536. The van der Waals surface area contributed by atoms with Gasteiger partial charge in [0.15, 0.2) is 0 Å². The molecule has 1 fully saturated rings. The molecule has 3 rings (SSSR count). The van der Waals surface area contributed by atoms with Gasteiger partial charge >= 0.3 is 0 Å². The van der Waals surface area contributed by atoms with Crippen molar-refractivity contribution < 1.29 is 18.6 Å². The predicted molar refractivity (Wildman–Crippen MR) is 143 cm³/mol. The molecule has 1 unspecified atom stereocenters. The molecule has 192 valence electrons. The number of rotatable bonds is 7. The molecule has 0 aliphatic carbocycles. The first-order valence-corrected chi connectivity index (χ1v) is 14.0. The van der Waals surface area contributed by atoms with Crippen LogP contribution in [0.1, 0.15) is 64.7 Å². The van der Waals surface area contributed by atoms with Gasteiger partial charge in [0.05, 0.1) is 18.9 Å². The summed E-state index contributed by atoms with van der Waals surface area (Å²) in [5, 5.41) is 2.71. The van der Waals surface area contributed by atoms with Crippen molar-refractivity contribution in [3.8, 4) is 16.9 Å². The van der Waals surface area contributed by atoms with Crippen LogP contribution in [0.5, 0.6) is 5.75 Å². The summed E-state index contributed by atoms with van der Waals surface area (Å²) in [6.07, 6.45) is 1.48. The second kappa shape index (κ2) is 10.9. The van der Waals surface area contributed by atoms with Gasteiger partial charge in [-0.3, -0.25) is 9.36 Å². The van der Waals surface area contributed by atoms with Crippen molar-refractivity contribution in [2.75, 3.05) is 26.8 Å². The SMILES string of the molecule is COc1ccc(-c2cccc(C(=O)NC3CCN(P(=O)(OCC(C)(C)C)C(C)(C)C)CC3)c2)cc1. The van der Waals surface area contributed by atoms with E-state index in [0.29, 0.717) is 25.3 Å². The van der Waals surface area contributed by atoms with Gasteiger partial charge in [-0.1, -0.05) is 45.0 Å². The second-order valence-corrected chi connectivity index (χ2v) is 14.7. The lowest BCUT2D eigenvalue weighted by molar-refractivity contribution is 0.0919. The van der Waals surface area contributed by atoms with E-state index in [9.17, 15) is 9.36 Å². The average molecular weight is 501 g/mol. The van der Waals surface area contributed by atoms with Crippen LogP contribution in [-0.4, -0.2) is 48.6 Å². The number of hydrogen-bond acceptors (Lipinski definition) is 4. The van der Waals surface area contributed by atoms with Crippen molar-refractivity contribution in [2.45, 2.75) is 65.6 Å². The number of piperidine rings is 1. The highest BCUT2D eigenvalue weighted by Crippen LogP contribution is 2.62. The van der Waals surface area contributed by atoms with E-state index in [1.54, 1.807) is 7.11 Å². The van der Waals surface area contributed by atoms with Gasteiger partial charge < -0.3 is 14.6 Å². The number of ether oxygens (including phenoxy) is 1. The highest BCUT2D eigenvalue weighted by molar-refractivity contribution is 7.58. The third-order valence-corrected chi connectivity index (χ3v) is 9.57. The molecule has 1 saturated heterocycles. The fourth-order valence-electron chi connectivity index (χ4n) is 4.15.